The van der Waals surface area contributed by atoms with Crippen LogP contribution in [-0.4, -0.2) is 15.0 Å². The fraction of sp³-hybridized carbons (Fsp3) is 0.167. The standard InChI is InChI=1S/C36H35O3PS/c1-28(2)27-39-41(37,38)34-26-16-15-25-33(34)40(35(29-17-7-3-8-18-29)30-19-9-4-10-20-30)36(31-21-11-5-12-22-31)32-23-13-6-14-24-32/h3-26,28,35-36H,27H2,1-2H3. The molecule has 0 spiro atoms. The second-order valence-electron chi connectivity index (χ2n) is 10.5. The molecule has 5 heteroatoms. The number of benzene rings is 5. The SMILES string of the molecule is CC(C)COS(=O)(=O)c1ccccc1P(C(c1ccccc1)c1ccccc1)C(c1ccccc1)c1ccccc1. The first-order valence-electron chi connectivity index (χ1n) is 13.9. The van der Waals surface area contributed by atoms with Crippen molar-refractivity contribution < 1.29 is 12.6 Å². The fourth-order valence-corrected chi connectivity index (χ4v) is 10.4. The van der Waals surface area contributed by atoms with E-state index in [9.17, 15) is 8.42 Å². The zero-order valence-corrected chi connectivity index (χ0v) is 25.1. The van der Waals surface area contributed by atoms with E-state index in [0.29, 0.717) is 0 Å². The Morgan fingerprint density at radius 2 is 0.878 bits per heavy atom. The van der Waals surface area contributed by atoms with Gasteiger partial charge in [0.25, 0.3) is 10.1 Å². The van der Waals surface area contributed by atoms with Gasteiger partial charge >= 0.3 is 0 Å². The van der Waals surface area contributed by atoms with Crippen LogP contribution in [0.3, 0.4) is 0 Å². The molecule has 0 radical (unpaired) electrons. The van der Waals surface area contributed by atoms with Gasteiger partial charge in [0.2, 0.25) is 0 Å². The summed E-state index contributed by atoms with van der Waals surface area (Å²) in [5.74, 6) is 0.0845. The van der Waals surface area contributed by atoms with Gasteiger partial charge in [-0.3, -0.25) is 4.18 Å². The van der Waals surface area contributed by atoms with Crippen molar-refractivity contribution in [2.75, 3.05) is 6.61 Å². The summed E-state index contributed by atoms with van der Waals surface area (Å²) < 4.78 is 33.3. The molecule has 0 aromatic heterocycles. The Bertz CT molecular complexity index is 1460. The average Bonchev–Trinajstić information content (AvgIpc) is 3.02. The predicted molar refractivity (Wildman–Crippen MR) is 170 cm³/mol. The summed E-state index contributed by atoms with van der Waals surface area (Å²) in [5.41, 5.74) is 4.43. The van der Waals surface area contributed by atoms with Crippen molar-refractivity contribution in [3.63, 3.8) is 0 Å². The summed E-state index contributed by atoms with van der Waals surface area (Å²) in [6.07, 6.45) is 0. The maximum Gasteiger partial charge on any atom is 0.297 e. The van der Waals surface area contributed by atoms with Gasteiger partial charge in [-0.05, 0) is 47.5 Å². The van der Waals surface area contributed by atoms with E-state index in [-0.39, 0.29) is 28.7 Å². The van der Waals surface area contributed by atoms with Gasteiger partial charge in [0.1, 0.15) is 4.90 Å². The van der Waals surface area contributed by atoms with E-state index in [4.69, 9.17) is 4.18 Å². The fourth-order valence-electron chi connectivity index (χ4n) is 5.17. The topological polar surface area (TPSA) is 43.4 Å². The van der Waals surface area contributed by atoms with Gasteiger partial charge in [0, 0.05) is 11.3 Å². The highest BCUT2D eigenvalue weighted by Crippen LogP contribution is 2.65. The summed E-state index contributed by atoms with van der Waals surface area (Å²) in [6, 6.07) is 49.3. The largest absolute Gasteiger partial charge is 0.297 e. The van der Waals surface area contributed by atoms with E-state index in [1.165, 1.54) is 0 Å². The molecule has 0 atom stereocenters. The van der Waals surface area contributed by atoms with E-state index in [1.807, 2.05) is 50.2 Å². The minimum Gasteiger partial charge on any atom is -0.266 e. The van der Waals surface area contributed by atoms with E-state index in [1.54, 1.807) is 12.1 Å². The number of rotatable bonds is 11. The van der Waals surface area contributed by atoms with Crippen molar-refractivity contribution in [1.29, 1.82) is 0 Å². The molecule has 5 rings (SSSR count). The van der Waals surface area contributed by atoms with E-state index < -0.39 is 18.0 Å². The van der Waals surface area contributed by atoms with E-state index >= 15 is 0 Å². The minimum absolute atomic E-state index is 0.0840. The van der Waals surface area contributed by atoms with E-state index in [2.05, 4.69) is 97.1 Å². The number of hydrogen-bond donors (Lipinski definition) is 0. The second-order valence-corrected chi connectivity index (χ2v) is 14.4. The van der Waals surface area contributed by atoms with Crippen molar-refractivity contribution in [2.24, 2.45) is 5.92 Å². The Kier molecular flexibility index (Phi) is 9.46. The quantitative estimate of drug-likeness (QED) is 0.116. The normalized spacial score (nSPS) is 12.0. The summed E-state index contributed by atoms with van der Waals surface area (Å²) in [7, 11) is -5.27. The summed E-state index contributed by atoms with van der Waals surface area (Å²) in [6.45, 7) is 4.04. The Morgan fingerprint density at radius 1 is 0.537 bits per heavy atom. The Labute approximate surface area is 245 Å². The van der Waals surface area contributed by atoms with Gasteiger partial charge in [-0.15, -0.1) is 0 Å². The molecular weight excluding hydrogens is 543 g/mol. The van der Waals surface area contributed by atoms with E-state index in [0.717, 1.165) is 27.6 Å². The van der Waals surface area contributed by atoms with Gasteiger partial charge in [-0.2, -0.15) is 8.42 Å². The minimum atomic E-state index is -4.01. The summed E-state index contributed by atoms with van der Waals surface area (Å²) in [4.78, 5) is 0.250. The monoisotopic (exact) mass is 578 g/mol. The van der Waals surface area contributed by atoms with Crippen LogP contribution in [0, 0.1) is 5.92 Å². The highest BCUT2D eigenvalue weighted by atomic mass is 32.2. The second kappa shape index (κ2) is 13.4. The van der Waals surface area contributed by atoms with Crippen molar-refractivity contribution in [2.45, 2.75) is 30.1 Å². The first kappa shape index (κ1) is 29.0. The first-order chi connectivity index (χ1) is 20.0. The van der Waals surface area contributed by atoms with Crippen LogP contribution < -0.4 is 5.30 Å². The van der Waals surface area contributed by atoms with Crippen LogP contribution in [0.15, 0.2) is 150 Å². The summed E-state index contributed by atoms with van der Waals surface area (Å²) >= 11 is 0. The lowest BCUT2D eigenvalue weighted by atomic mass is 10.0. The predicted octanol–water partition coefficient (Wildman–Crippen LogP) is 8.73. The molecule has 0 saturated heterocycles. The van der Waals surface area contributed by atoms with Gasteiger partial charge in [-0.1, -0.05) is 153 Å². The summed E-state index contributed by atoms with van der Waals surface area (Å²) in [5, 5.41) is 0.807. The lowest BCUT2D eigenvalue weighted by Gasteiger charge is -2.37. The van der Waals surface area contributed by atoms with Crippen LogP contribution in [0.1, 0.15) is 47.4 Å². The van der Waals surface area contributed by atoms with Crippen molar-refractivity contribution in [3.05, 3.63) is 168 Å². The zero-order valence-electron chi connectivity index (χ0n) is 23.4. The molecule has 208 valence electrons. The first-order valence-corrected chi connectivity index (χ1v) is 16.8. The van der Waals surface area contributed by atoms with Crippen LogP contribution in [0.5, 0.6) is 0 Å². The molecule has 0 unspecified atom stereocenters. The van der Waals surface area contributed by atoms with Crippen LogP contribution in [0.4, 0.5) is 0 Å². The average molecular weight is 579 g/mol. The molecule has 0 aliphatic rings. The molecule has 0 fully saturated rings. The van der Waals surface area contributed by atoms with Gasteiger partial charge in [-0.25, -0.2) is 0 Å². The molecule has 0 N–H and O–H groups in total. The van der Waals surface area contributed by atoms with Gasteiger partial charge in [0.05, 0.1) is 6.61 Å². The number of hydrogen-bond acceptors (Lipinski definition) is 3. The maximum absolute atomic E-state index is 13.8. The van der Waals surface area contributed by atoms with Gasteiger partial charge < -0.3 is 0 Å². The molecular formula is C36H35O3PS. The third kappa shape index (κ3) is 6.85. The van der Waals surface area contributed by atoms with Crippen molar-refractivity contribution >= 4 is 23.3 Å². The highest BCUT2D eigenvalue weighted by molar-refractivity contribution is 7.87. The van der Waals surface area contributed by atoms with Crippen molar-refractivity contribution in [3.8, 4) is 0 Å². The molecule has 41 heavy (non-hydrogen) atoms. The van der Waals surface area contributed by atoms with Crippen LogP contribution in [0.25, 0.3) is 0 Å². The molecule has 0 saturated carbocycles. The maximum atomic E-state index is 13.8. The molecule has 0 aliphatic carbocycles. The third-order valence-corrected chi connectivity index (χ3v) is 11.7. The van der Waals surface area contributed by atoms with Crippen LogP contribution in [-0.2, 0) is 14.3 Å². The molecule has 3 nitrogen and oxygen atoms in total. The van der Waals surface area contributed by atoms with Crippen molar-refractivity contribution in [1.82, 2.24) is 0 Å². The Hall–Kier alpha value is -3.56. The molecule has 0 heterocycles. The highest BCUT2D eigenvalue weighted by Gasteiger charge is 2.38. The molecule has 0 amide bonds. The lowest BCUT2D eigenvalue weighted by Crippen LogP contribution is -2.23. The Balaban J connectivity index is 1.84. The third-order valence-electron chi connectivity index (χ3n) is 6.99. The van der Waals surface area contributed by atoms with Crippen LogP contribution in [0.2, 0.25) is 0 Å². The molecule has 0 bridgehead atoms. The van der Waals surface area contributed by atoms with Gasteiger partial charge in [0.15, 0.2) is 0 Å². The molecule has 5 aromatic rings. The smallest absolute Gasteiger partial charge is 0.266 e. The van der Waals surface area contributed by atoms with Crippen LogP contribution >= 0.6 is 7.92 Å². The lowest BCUT2D eigenvalue weighted by molar-refractivity contribution is 0.275. The molecule has 5 aromatic carbocycles. The molecule has 0 aliphatic heterocycles. The Morgan fingerprint density at radius 3 is 1.24 bits per heavy atom. The zero-order chi connectivity index (χ0) is 28.7.